The highest BCUT2D eigenvalue weighted by atomic mass is 35.5. The van der Waals surface area contributed by atoms with Crippen LogP contribution in [0.3, 0.4) is 0 Å². The number of aryl methyl sites for hydroxylation is 2. The summed E-state index contributed by atoms with van der Waals surface area (Å²) in [6.45, 7) is 6.26. The van der Waals surface area contributed by atoms with Crippen LogP contribution in [0, 0.1) is 19.7 Å². The molecule has 0 saturated heterocycles. The molecule has 0 fully saturated rings. The zero-order valence-electron chi connectivity index (χ0n) is 30.1. The van der Waals surface area contributed by atoms with Gasteiger partial charge < -0.3 is 14.2 Å². The summed E-state index contributed by atoms with van der Waals surface area (Å²) in [6, 6.07) is 41.9. The number of allylic oxidation sites excluding steroid dienone is 2. The Bertz CT molecular complexity index is 2380. The van der Waals surface area contributed by atoms with Gasteiger partial charge in [-0.15, -0.1) is 0 Å². The summed E-state index contributed by atoms with van der Waals surface area (Å²) in [4.78, 5) is 12.2. The first kappa shape index (κ1) is 39.1. The van der Waals surface area contributed by atoms with Gasteiger partial charge in [-0.1, -0.05) is 108 Å². The van der Waals surface area contributed by atoms with Crippen LogP contribution in [-0.2, 0) is 17.6 Å². The molecule has 0 amide bonds. The van der Waals surface area contributed by atoms with Gasteiger partial charge in [-0.2, -0.15) is 0 Å². The molecule has 4 nitrogen and oxygen atoms in total. The molecule has 0 aromatic heterocycles. The van der Waals surface area contributed by atoms with Crippen LogP contribution in [0.25, 0.3) is 22.7 Å². The molecule has 2 aliphatic carbocycles. The fourth-order valence-corrected chi connectivity index (χ4v) is 6.79. The van der Waals surface area contributed by atoms with Crippen molar-refractivity contribution in [2.24, 2.45) is 0 Å². The number of carbonyl (C=O) groups is 1. The molecule has 2 aliphatic rings. The molecule has 0 saturated carbocycles. The number of benzene rings is 6. The predicted molar refractivity (Wildman–Crippen MR) is 223 cm³/mol. The maximum atomic E-state index is 14.3. The van der Waals surface area contributed by atoms with Gasteiger partial charge in [0.1, 0.15) is 28.8 Å². The molecule has 0 radical (unpaired) electrons. The van der Waals surface area contributed by atoms with Crippen LogP contribution in [0.15, 0.2) is 133 Å². The van der Waals surface area contributed by atoms with Crippen LogP contribution in [-0.4, -0.2) is 12.6 Å². The van der Waals surface area contributed by atoms with Crippen molar-refractivity contribution in [3.63, 3.8) is 0 Å². The first-order valence-electron chi connectivity index (χ1n) is 17.7. The molecule has 0 spiro atoms. The Labute approximate surface area is 332 Å². The van der Waals surface area contributed by atoms with Gasteiger partial charge in [0.25, 0.3) is 0 Å². The van der Waals surface area contributed by atoms with Crippen molar-refractivity contribution in [2.45, 2.75) is 41.0 Å². The van der Waals surface area contributed by atoms with Gasteiger partial charge in [-0.05, 0) is 104 Å². The lowest BCUT2D eigenvalue weighted by Gasteiger charge is -2.12. The lowest BCUT2D eigenvalue weighted by atomic mass is 10.0. The molecule has 0 heterocycles. The van der Waals surface area contributed by atoms with E-state index in [-0.39, 0.29) is 19.2 Å². The van der Waals surface area contributed by atoms with Crippen molar-refractivity contribution in [1.29, 1.82) is 0 Å². The van der Waals surface area contributed by atoms with E-state index in [1.165, 1.54) is 17.2 Å². The molecule has 6 aromatic rings. The van der Waals surface area contributed by atoms with Crippen molar-refractivity contribution in [3.8, 4) is 11.5 Å². The highest BCUT2D eigenvalue weighted by Crippen LogP contribution is 2.42. The minimum atomic E-state index is -0.329. The van der Waals surface area contributed by atoms with E-state index in [1.807, 2.05) is 55.5 Å². The summed E-state index contributed by atoms with van der Waals surface area (Å²) >= 11 is 12.0. The van der Waals surface area contributed by atoms with Crippen LogP contribution in [0.2, 0.25) is 10.0 Å². The lowest BCUT2D eigenvalue weighted by Crippen LogP contribution is -2.05. The second-order valence-corrected chi connectivity index (χ2v) is 14.0. The van der Waals surface area contributed by atoms with Gasteiger partial charge in [0.2, 0.25) is 0 Å². The Hall–Kier alpha value is -5.62. The molecule has 8 rings (SSSR count). The first-order chi connectivity index (χ1) is 26.2. The maximum Gasteiger partial charge on any atom is 0.338 e. The predicted octanol–water partition coefficient (Wildman–Crippen LogP) is 13.3. The van der Waals surface area contributed by atoms with Gasteiger partial charge in [-0.25, -0.2) is 9.18 Å². The third-order valence-electron chi connectivity index (χ3n) is 9.37. The van der Waals surface area contributed by atoms with E-state index in [2.05, 4.69) is 55.5 Å². The monoisotopic (exact) mass is 770 g/mol. The van der Waals surface area contributed by atoms with Crippen molar-refractivity contribution >= 4 is 51.8 Å². The van der Waals surface area contributed by atoms with E-state index < -0.39 is 0 Å². The second kappa shape index (κ2) is 17.2. The smallest absolute Gasteiger partial charge is 0.338 e. The van der Waals surface area contributed by atoms with Crippen molar-refractivity contribution < 1.29 is 23.4 Å². The number of fused-ring (bicyclic) bond motifs is 2. The van der Waals surface area contributed by atoms with Crippen LogP contribution in [0.4, 0.5) is 4.39 Å². The Morgan fingerprint density at radius 1 is 0.636 bits per heavy atom. The molecule has 7 heteroatoms. The molecule has 55 heavy (non-hydrogen) atoms. The van der Waals surface area contributed by atoms with E-state index in [0.717, 1.165) is 51.1 Å². The standard InChI is InChI=1S/C25H21ClO3.C22H16ClFO.CH4/c1-3-28-25(27)19-9-8-18-14-22(17-6-4-16(2)5-7-17)24(23(18)15-19)29-21-12-10-20(26)11-13-21;1-14-5-7-15(8-6-14)19-13-20-18(3-2-4-21(20)24)22(19)25-17-11-9-16(23)10-12-17;/h4-13,15H,3,14H2,1-2H3;2-12H,13H2,1H3;1H4. The molecule has 0 N–H and O–H groups in total. The minimum Gasteiger partial charge on any atom is -0.462 e. The molecule has 0 atom stereocenters. The van der Waals surface area contributed by atoms with Gasteiger partial charge in [-0.3, -0.25) is 0 Å². The molecule has 0 bridgehead atoms. The van der Waals surface area contributed by atoms with Gasteiger partial charge in [0.15, 0.2) is 0 Å². The van der Waals surface area contributed by atoms with E-state index >= 15 is 0 Å². The summed E-state index contributed by atoms with van der Waals surface area (Å²) in [6.07, 6.45) is 1.26. The average molecular weight is 772 g/mol. The molecule has 278 valence electrons. The molecule has 0 unspecified atom stereocenters. The van der Waals surface area contributed by atoms with E-state index in [9.17, 15) is 9.18 Å². The van der Waals surface area contributed by atoms with Crippen LogP contribution >= 0.6 is 23.2 Å². The van der Waals surface area contributed by atoms with Crippen molar-refractivity contribution in [2.75, 3.05) is 6.61 Å². The SMILES string of the molecule is C.CCOC(=O)c1ccc2c(c1)C(Oc1ccc(Cl)cc1)=C(c1ccc(C)cc1)C2.Cc1ccc(C2=C(Oc3ccc(Cl)cc3)c3cccc(F)c3C2)cc1. The molecule has 0 aliphatic heterocycles. The Morgan fingerprint density at radius 2 is 1.15 bits per heavy atom. The number of ether oxygens (including phenoxy) is 3. The largest absolute Gasteiger partial charge is 0.462 e. The van der Waals surface area contributed by atoms with E-state index in [1.54, 1.807) is 37.3 Å². The number of hydrogen-bond acceptors (Lipinski definition) is 4. The Morgan fingerprint density at radius 3 is 1.67 bits per heavy atom. The van der Waals surface area contributed by atoms with E-state index in [0.29, 0.717) is 51.5 Å². The summed E-state index contributed by atoms with van der Waals surface area (Å²) in [5, 5.41) is 1.31. The van der Waals surface area contributed by atoms with Gasteiger partial charge in [0, 0.05) is 50.7 Å². The third-order valence-corrected chi connectivity index (χ3v) is 9.87. The van der Waals surface area contributed by atoms with Gasteiger partial charge in [0.05, 0.1) is 12.2 Å². The topological polar surface area (TPSA) is 44.8 Å². The summed E-state index contributed by atoms with van der Waals surface area (Å²) in [5.41, 5.74) is 10.7. The van der Waals surface area contributed by atoms with E-state index in [4.69, 9.17) is 37.4 Å². The van der Waals surface area contributed by atoms with Crippen LogP contribution in [0.1, 0.15) is 69.2 Å². The number of esters is 1. The summed E-state index contributed by atoms with van der Waals surface area (Å²) < 4.78 is 32.0. The Balaban J connectivity index is 0.000000185. The number of halogens is 3. The zero-order valence-corrected chi connectivity index (χ0v) is 31.6. The Kier molecular flexibility index (Phi) is 12.2. The van der Waals surface area contributed by atoms with Crippen molar-refractivity contribution in [1.82, 2.24) is 0 Å². The van der Waals surface area contributed by atoms with Crippen LogP contribution < -0.4 is 9.47 Å². The second-order valence-electron chi connectivity index (χ2n) is 13.2. The average Bonchev–Trinajstić information content (AvgIpc) is 3.73. The quantitative estimate of drug-likeness (QED) is 0.145. The van der Waals surface area contributed by atoms with Crippen molar-refractivity contribution in [3.05, 3.63) is 199 Å². The fraction of sp³-hybridized carbons (Fsp3) is 0.146. The summed E-state index contributed by atoms with van der Waals surface area (Å²) in [7, 11) is 0. The molecule has 6 aromatic carbocycles. The number of rotatable bonds is 8. The highest BCUT2D eigenvalue weighted by molar-refractivity contribution is 6.30. The number of hydrogen-bond donors (Lipinski definition) is 0. The maximum absolute atomic E-state index is 14.3. The summed E-state index contributed by atoms with van der Waals surface area (Å²) in [5.74, 6) is 2.32. The normalized spacial score (nSPS) is 12.6. The molecular weight excluding hydrogens is 730 g/mol. The van der Waals surface area contributed by atoms with Gasteiger partial charge >= 0.3 is 5.97 Å². The lowest BCUT2D eigenvalue weighted by molar-refractivity contribution is 0.0526. The number of carbonyl (C=O) groups excluding carboxylic acids is 1. The highest BCUT2D eigenvalue weighted by Gasteiger charge is 2.28. The first-order valence-corrected chi connectivity index (χ1v) is 18.5. The minimum absolute atomic E-state index is 0. The molecular formula is C48H41Cl2FO4. The fourth-order valence-electron chi connectivity index (χ4n) is 6.54. The van der Waals surface area contributed by atoms with Crippen LogP contribution in [0.5, 0.6) is 11.5 Å². The third kappa shape index (κ3) is 8.86. The zero-order chi connectivity index (χ0) is 37.8.